The van der Waals surface area contributed by atoms with Crippen LogP contribution < -0.4 is 48.3 Å². The SMILES string of the molecule is CC[C@H](C)[C@H](N)C(=O)NCC(=O)N[C@@H](CC(C)C)C(=O)N[C@@H](CCSC)C(=O)N[C@H](C(=O)NCC(=O)NCC(=O)N[C@H](C(=O)N[C@H](C(=O)O)C(C)C)C(C)C)C(C)C. The number of carbonyl (C=O) groups excluding carboxylic acids is 8. The fraction of sp³-hybridized carbons (Fsp3) is 0.763. The quantitative estimate of drug-likeness (QED) is 0.0476. The Morgan fingerprint density at radius 1 is 0.552 bits per heavy atom. The molecule has 19 nitrogen and oxygen atoms in total. The van der Waals surface area contributed by atoms with E-state index in [2.05, 4.69) is 42.5 Å². The molecule has 0 aromatic heterocycles. The summed E-state index contributed by atoms with van der Waals surface area (Å²) in [5, 5.41) is 29.6. The van der Waals surface area contributed by atoms with Crippen molar-refractivity contribution in [3.05, 3.63) is 0 Å². The average molecular weight is 844 g/mol. The third kappa shape index (κ3) is 20.3. The van der Waals surface area contributed by atoms with Gasteiger partial charge in [0.25, 0.3) is 0 Å². The highest BCUT2D eigenvalue weighted by Gasteiger charge is 2.33. The second kappa shape index (κ2) is 27.3. The first kappa shape index (κ1) is 53.5. The molecule has 0 fully saturated rings. The molecule has 0 saturated heterocycles. The predicted octanol–water partition coefficient (Wildman–Crippen LogP) is -1.02. The molecule has 0 bridgehead atoms. The third-order valence-electron chi connectivity index (χ3n) is 9.20. The number of carboxylic acids is 1. The van der Waals surface area contributed by atoms with E-state index in [4.69, 9.17) is 5.73 Å². The highest BCUT2D eigenvalue weighted by molar-refractivity contribution is 7.98. The van der Waals surface area contributed by atoms with E-state index in [-0.39, 0.29) is 24.7 Å². The van der Waals surface area contributed by atoms with Crippen molar-refractivity contribution in [1.82, 2.24) is 42.5 Å². The number of aliphatic carboxylic acids is 1. The molecular formula is C38H69N9O10S. The van der Waals surface area contributed by atoms with Crippen molar-refractivity contribution in [3.8, 4) is 0 Å². The maximum Gasteiger partial charge on any atom is 0.326 e. The van der Waals surface area contributed by atoms with Gasteiger partial charge in [0, 0.05) is 0 Å². The zero-order chi connectivity index (χ0) is 44.9. The lowest BCUT2D eigenvalue weighted by atomic mass is 9.99. The summed E-state index contributed by atoms with van der Waals surface area (Å²) in [5.41, 5.74) is 5.94. The lowest BCUT2D eigenvalue weighted by Gasteiger charge is -2.27. The normalized spacial score (nSPS) is 14.9. The van der Waals surface area contributed by atoms with Crippen molar-refractivity contribution in [1.29, 1.82) is 0 Å². The van der Waals surface area contributed by atoms with Gasteiger partial charge in [-0.05, 0) is 54.4 Å². The molecule has 8 amide bonds. The summed E-state index contributed by atoms with van der Waals surface area (Å²) in [6.07, 6.45) is 2.92. The Kier molecular flexibility index (Phi) is 25.2. The van der Waals surface area contributed by atoms with Crippen LogP contribution in [-0.4, -0.2) is 126 Å². The van der Waals surface area contributed by atoms with E-state index in [0.29, 0.717) is 12.2 Å². The van der Waals surface area contributed by atoms with Gasteiger partial charge in [0.2, 0.25) is 47.3 Å². The van der Waals surface area contributed by atoms with Crippen LogP contribution in [0.4, 0.5) is 0 Å². The predicted molar refractivity (Wildman–Crippen MR) is 221 cm³/mol. The molecular weight excluding hydrogens is 775 g/mol. The first-order chi connectivity index (χ1) is 27.0. The highest BCUT2D eigenvalue weighted by Crippen LogP contribution is 2.10. The number of nitrogens with two attached hydrogens (primary N) is 1. The van der Waals surface area contributed by atoms with Crippen molar-refractivity contribution >= 4 is 65.0 Å². The highest BCUT2D eigenvalue weighted by atomic mass is 32.2. The van der Waals surface area contributed by atoms with Crippen LogP contribution in [0.3, 0.4) is 0 Å². The number of hydrogen-bond donors (Lipinski definition) is 10. The van der Waals surface area contributed by atoms with Gasteiger partial charge in [-0.25, -0.2) is 4.79 Å². The molecule has 0 aromatic carbocycles. The minimum Gasteiger partial charge on any atom is -0.480 e. The molecule has 0 heterocycles. The van der Waals surface area contributed by atoms with Gasteiger partial charge < -0.3 is 53.4 Å². The largest absolute Gasteiger partial charge is 0.480 e. The first-order valence-corrected chi connectivity index (χ1v) is 21.2. The molecule has 7 atom stereocenters. The smallest absolute Gasteiger partial charge is 0.326 e. The molecule has 11 N–H and O–H groups in total. The van der Waals surface area contributed by atoms with Crippen molar-refractivity contribution in [2.45, 2.75) is 125 Å². The zero-order valence-electron chi connectivity index (χ0n) is 35.9. The van der Waals surface area contributed by atoms with Crippen LogP contribution in [-0.2, 0) is 43.2 Å². The summed E-state index contributed by atoms with van der Waals surface area (Å²) in [6, 6.07) is -6.30. The number of thioether (sulfide) groups is 1. The number of carboxylic acid groups (broad SMARTS) is 1. The monoisotopic (exact) mass is 843 g/mol. The Labute approximate surface area is 346 Å². The summed E-state index contributed by atoms with van der Waals surface area (Å²) in [4.78, 5) is 115. The second-order valence-electron chi connectivity index (χ2n) is 15.8. The number of carbonyl (C=O) groups is 9. The summed E-state index contributed by atoms with van der Waals surface area (Å²) in [5.74, 6) is -7.41. The standard InChI is InChI=1S/C38H69N9O10S/c1-12-23(10)29(39)35(53)41-18-27(49)43-25(15-19(2)3)34(52)44-24(13-14-58-11)33(51)46-30(20(4)5)36(54)42-16-26(48)40-17-28(50)45-31(21(6)7)37(55)47-32(22(8)9)38(56)57/h19-25,29-32H,12-18,39H2,1-11H3,(H,40,48)(H,41,53)(H,42,54)(H,43,49)(H,44,52)(H,45,50)(H,46,51)(H,47,55)(H,56,57)/t23-,24-,25-,29-,30-,31-,32-/m0/s1. The Morgan fingerprint density at radius 2 is 1.02 bits per heavy atom. The number of rotatable bonds is 27. The van der Waals surface area contributed by atoms with Crippen molar-refractivity contribution in [2.24, 2.45) is 35.3 Å². The Hall–Kier alpha value is -4.46. The molecule has 0 spiro atoms. The van der Waals surface area contributed by atoms with E-state index in [1.807, 2.05) is 34.0 Å². The van der Waals surface area contributed by atoms with E-state index in [0.717, 1.165) is 0 Å². The minimum atomic E-state index is -1.22. The lowest BCUT2D eigenvalue weighted by Crippen LogP contribution is -2.59. The zero-order valence-corrected chi connectivity index (χ0v) is 36.7. The van der Waals surface area contributed by atoms with Crippen molar-refractivity contribution < 1.29 is 48.3 Å². The van der Waals surface area contributed by atoms with E-state index >= 15 is 0 Å². The second-order valence-corrected chi connectivity index (χ2v) is 16.8. The van der Waals surface area contributed by atoms with Gasteiger partial charge in [-0.1, -0.05) is 75.7 Å². The summed E-state index contributed by atoms with van der Waals surface area (Å²) >= 11 is 1.43. The van der Waals surface area contributed by atoms with E-state index in [9.17, 15) is 48.3 Å². The fourth-order valence-electron chi connectivity index (χ4n) is 5.35. The minimum absolute atomic E-state index is 0.0323. The molecule has 0 aliphatic rings. The van der Waals surface area contributed by atoms with Crippen LogP contribution in [0.15, 0.2) is 0 Å². The maximum absolute atomic E-state index is 13.6. The average Bonchev–Trinajstić information content (AvgIpc) is 3.14. The molecule has 0 aliphatic carbocycles. The molecule has 58 heavy (non-hydrogen) atoms. The molecule has 0 unspecified atom stereocenters. The number of nitrogens with one attached hydrogen (secondary N) is 8. The Balaban J connectivity index is 5.51. The Bertz CT molecular complexity index is 1410. The van der Waals surface area contributed by atoms with Crippen LogP contribution in [0.2, 0.25) is 0 Å². The van der Waals surface area contributed by atoms with Crippen LogP contribution in [0.25, 0.3) is 0 Å². The summed E-state index contributed by atoms with van der Waals surface area (Å²) in [7, 11) is 0. The topological polar surface area (TPSA) is 296 Å². The van der Waals surface area contributed by atoms with E-state index in [1.165, 1.54) is 11.8 Å². The maximum atomic E-state index is 13.6. The van der Waals surface area contributed by atoms with Gasteiger partial charge in [0.15, 0.2) is 0 Å². The molecule has 0 radical (unpaired) electrons. The van der Waals surface area contributed by atoms with Crippen molar-refractivity contribution in [2.75, 3.05) is 31.6 Å². The van der Waals surface area contributed by atoms with Gasteiger partial charge in [-0.2, -0.15) is 11.8 Å². The number of hydrogen-bond acceptors (Lipinski definition) is 11. The van der Waals surface area contributed by atoms with Crippen LogP contribution >= 0.6 is 11.8 Å². The van der Waals surface area contributed by atoms with E-state index < -0.39 is 127 Å². The van der Waals surface area contributed by atoms with Gasteiger partial charge in [0.1, 0.15) is 30.2 Å². The molecule has 0 rings (SSSR count). The van der Waals surface area contributed by atoms with Crippen LogP contribution in [0.1, 0.15) is 88.5 Å². The summed E-state index contributed by atoms with van der Waals surface area (Å²) < 4.78 is 0. The lowest BCUT2D eigenvalue weighted by molar-refractivity contribution is -0.143. The third-order valence-corrected chi connectivity index (χ3v) is 9.84. The van der Waals surface area contributed by atoms with Gasteiger partial charge in [0.05, 0.1) is 25.7 Å². The first-order valence-electron chi connectivity index (χ1n) is 19.8. The fourth-order valence-corrected chi connectivity index (χ4v) is 5.82. The molecule has 332 valence electrons. The summed E-state index contributed by atoms with van der Waals surface area (Å²) in [6.45, 7) is 15.9. The van der Waals surface area contributed by atoms with Gasteiger partial charge in [-0.15, -0.1) is 0 Å². The number of amides is 8. The Morgan fingerprint density at radius 3 is 1.52 bits per heavy atom. The molecule has 0 aliphatic heterocycles. The molecule has 0 saturated carbocycles. The van der Waals surface area contributed by atoms with Crippen molar-refractivity contribution in [3.63, 3.8) is 0 Å². The van der Waals surface area contributed by atoms with Gasteiger partial charge in [-0.3, -0.25) is 38.4 Å². The molecule has 0 aromatic rings. The van der Waals surface area contributed by atoms with Crippen LogP contribution in [0, 0.1) is 29.6 Å². The van der Waals surface area contributed by atoms with E-state index in [1.54, 1.807) is 41.5 Å². The molecule has 20 heteroatoms. The van der Waals surface area contributed by atoms with Gasteiger partial charge >= 0.3 is 5.97 Å². The van der Waals surface area contributed by atoms with Crippen LogP contribution in [0.5, 0.6) is 0 Å².